The molecule has 0 bridgehead atoms. The number of aliphatic carboxylic acids is 1. The summed E-state index contributed by atoms with van der Waals surface area (Å²) in [5.41, 5.74) is 0. The van der Waals surface area contributed by atoms with Crippen LogP contribution in [-0.4, -0.2) is 73.9 Å². The van der Waals surface area contributed by atoms with Crippen LogP contribution in [-0.2, 0) is 9.59 Å². The Kier molecular flexibility index (Phi) is 12.5. The molecule has 0 fully saturated rings. The van der Waals surface area contributed by atoms with Crippen molar-refractivity contribution < 1.29 is 40.2 Å². The molecule has 6 N–H and O–H groups in total. The molecule has 0 aromatic rings. The molecule has 0 aliphatic rings. The smallest absolute Gasteiger partial charge is 0.303 e. The minimum absolute atomic E-state index is 0.0258. The van der Waals surface area contributed by atoms with Crippen LogP contribution in [0.5, 0.6) is 0 Å². The average molecular weight is 296 g/mol. The van der Waals surface area contributed by atoms with E-state index in [1.807, 2.05) is 13.8 Å². The van der Waals surface area contributed by atoms with Gasteiger partial charge in [0, 0.05) is 6.42 Å². The molecule has 0 aliphatic carbocycles. The van der Waals surface area contributed by atoms with E-state index in [9.17, 15) is 9.59 Å². The van der Waals surface area contributed by atoms with Gasteiger partial charge in [0.15, 0.2) is 6.29 Å². The number of carboxylic acids is 1. The van der Waals surface area contributed by atoms with Gasteiger partial charge in [-0.15, -0.1) is 0 Å². The zero-order valence-electron chi connectivity index (χ0n) is 11.6. The topological polar surface area (TPSA) is 156 Å². The van der Waals surface area contributed by atoms with Crippen LogP contribution in [0.3, 0.4) is 0 Å². The second-order valence-corrected chi connectivity index (χ2v) is 4.47. The molecule has 8 nitrogen and oxygen atoms in total. The first-order chi connectivity index (χ1) is 9.20. The first-order valence-electron chi connectivity index (χ1n) is 6.21. The molecule has 0 radical (unpaired) electrons. The number of carbonyl (C=O) groups is 2. The van der Waals surface area contributed by atoms with Crippen molar-refractivity contribution in [1.29, 1.82) is 0 Å². The summed E-state index contributed by atoms with van der Waals surface area (Å²) in [5.74, 6) is -0.369. The lowest BCUT2D eigenvalue weighted by Crippen LogP contribution is -2.46. The van der Waals surface area contributed by atoms with Crippen molar-refractivity contribution in [3.8, 4) is 0 Å². The minimum Gasteiger partial charge on any atom is -0.481 e. The maximum Gasteiger partial charge on any atom is 0.303 e. The fourth-order valence-electron chi connectivity index (χ4n) is 1.06. The summed E-state index contributed by atoms with van der Waals surface area (Å²) in [6.45, 7) is 3.17. The fraction of sp³-hybridized carbons (Fsp3) is 0.833. The molecule has 0 aliphatic heterocycles. The van der Waals surface area contributed by atoms with Gasteiger partial charge in [0.25, 0.3) is 0 Å². The van der Waals surface area contributed by atoms with Crippen molar-refractivity contribution in [1.82, 2.24) is 0 Å². The summed E-state index contributed by atoms with van der Waals surface area (Å²) < 4.78 is 0. The average Bonchev–Trinajstić information content (AvgIpc) is 2.43. The Hall–Kier alpha value is -1.06. The number of rotatable bonds is 8. The van der Waals surface area contributed by atoms with Gasteiger partial charge in [-0.2, -0.15) is 0 Å². The second kappa shape index (κ2) is 11.7. The maximum atomic E-state index is 9.97. The van der Waals surface area contributed by atoms with Gasteiger partial charge in [-0.05, 0) is 5.92 Å². The molecule has 0 aromatic heterocycles. The van der Waals surface area contributed by atoms with Crippen LogP contribution < -0.4 is 0 Å². The van der Waals surface area contributed by atoms with Crippen molar-refractivity contribution in [3.63, 3.8) is 0 Å². The summed E-state index contributed by atoms with van der Waals surface area (Å²) in [6, 6.07) is 0. The second-order valence-electron chi connectivity index (χ2n) is 4.47. The number of aliphatic hydroxyl groups excluding tert-OH is 5. The lowest BCUT2D eigenvalue weighted by atomic mass is 10.0. The Morgan fingerprint density at radius 2 is 1.65 bits per heavy atom. The van der Waals surface area contributed by atoms with Crippen LogP contribution in [0.15, 0.2) is 0 Å². The third-order valence-corrected chi connectivity index (χ3v) is 2.64. The van der Waals surface area contributed by atoms with E-state index in [4.69, 9.17) is 30.6 Å². The number of aliphatic hydroxyl groups is 5. The van der Waals surface area contributed by atoms with Crippen LogP contribution in [0.4, 0.5) is 0 Å². The van der Waals surface area contributed by atoms with E-state index in [1.165, 1.54) is 0 Å². The van der Waals surface area contributed by atoms with Gasteiger partial charge in [-0.25, -0.2) is 0 Å². The molecule has 0 aromatic carbocycles. The van der Waals surface area contributed by atoms with Crippen LogP contribution >= 0.6 is 0 Å². The number of hydrogen-bond donors (Lipinski definition) is 6. The van der Waals surface area contributed by atoms with E-state index in [1.54, 1.807) is 0 Å². The van der Waals surface area contributed by atoms with E-state index >= 15 is 0 Å². The highest BCUT2D eigenvalue weighted by Gasteiger charge is 2.29. The first-order valence-corrected chi connectivity index (χ1v) is 6.21. The molecule has 20 heavy (non-hydrogen) atoms. The van der Waals surface area contributed by atoms with E-state index < -0.39 is 37.0 Å². The standard InChI is InChI=1S/C6H12O6.C6H12O2/c7-1-3(9)5(11)6(12)4(10)2-8;1-3-5(2)4-6(7)8/h1,3-6,8-12H,2H2;5H,3-4H2,1-2H3,(H,7,8). The third kappa shape index (κ3) is 9.82. The van der Waals surface area contributed by atoms with Gasteiger partial charge in [0.2, 0.25) is 0 Å². The summed E-state index contributed by atoms with van der Waals surface area (Å²) in [4.78, 5) is 19.9. The summed E-state index contributed by atoms with van der Waals surface area (Å²) in [7, 11) is 0. The normalized spacial score (nSPS) is 17.9. The Bertz CT molecular complexity index is 270. The number of aldehydes is 1. The van der Waals surface area contributed by atoms with Gasteiger partial charge in [-0.1, -0.05) is 20.3 Å². The molecule has 0 saturated carbocycles. The monoisotopic (exact) mass is 296 g/mol. The summed E-state index contributed by atoms with van der Waals surface area (Å²) >= 11 is 0. The molecule has 0 spiro atoms. The van der Waals surface area contributed by atoms with E-state index in [0.717, 1.165) is 6.42 Å². The number of hydrogen-bond acceptors (Lipinski definition) is 7. The Morgan fingerprint density at radius 3 is 1.90 bits per heavy atom. The molecule has 5 atom stereocenters. The molecule has 0 saturated heterocycles. The summed E-state index contributed by atoms with van der Waals surface area (Å²) in [5, 5.41) is 51.8. The third-order valence-electron chi connectivity index (χ3n) is 2.64. The quantitative estimate of drug-likeness (QED) is 0.284. The van der Waals surface area contributed by atoms with Crippen LogP contribution in [0.1, 0.15) is 26.7 Å². The Labute approximate surface area is 117 Å². The highest BCUT2D eigenvalue weighted by atomic mass is 16.4. The van der Waals surface area contributed by atoms with E-state index in [2.05, 4.69) is 0 Å². The van der Waals surface area contributed by atoms with E-state index in [-0.39, 0.29) is 6.29 Å². The van der Waals surface area contributed by atoms with E-state index in [0.29, 0.717) is 12.3 Å². The lowest BCUT2D eigenvalue weighted by molar-refractivity contribution is -0.138. The molecular formula is C12H24O8. The van der Waals surface area contributed by atoms with Gasteiger partial charge >= 0.3 is 5.97 Å². The molecule has 0 heterocycles. The van der Waals surface area contributed by atoms with Gasteiger partial charge < -0.3 is 35.4 Å². The van der Waals surface area contributed by atoms with Crippen molar-refractivity contribution in [2.24, 2.45) is 5.92 Å². The minimum atomic E-state index is -1.79. The van der Waals surface area contributed by atoms with Crippen LogP contribution in [0.25, 0.3) is 0 Å². The highest BCUT2D eigenvalue weighted by Crippen LogP contribution is 2.04. The van der Waals surface area contributed by atoms with Gasteiger partial charge in [0.1, 0.15) is 24.4 Å². The van der Waals surface area contributed by atoms with Gasteiger partial charge in [0.05, 0.1) is 6.61 Å². The van der Waals surface area contributed by atoms with Crippen molar-refractivity contribution in [3.05, 3.63) is 0 Å². The Balaban J connectivity index is 0. The van der Waals surface area contributed by atoms with Crippen molar-refractivity contribution in [2.45, 2.75) is 51.1 Å². The molecule has 0 rings (SSSR count). The van der Waals surface area contributed by atoms with Crippen molar-refractivity contribution in [2.75, 3.05) is 6.61 Å². The van der Waals surface area contributed by atoms with Crippen LogP contribution in [0, 0.1) is 5.92 Å². The lowest BCUT2D eigenvalue weighted by Gasteiger charge is -2.22. The SMILES string of the molecule is CCC(C)CC(=O)O.O=CC(O)C(O)C(O)C(O)CO. The highest BCUT2D eigenvalue weighted by molar-refractivity contribution is 5.66. The number of carbonyl (C=O) groups excluding carboxylic acids is 1. The Morgan fingerprint density at radius 1 is 1.15 bits per heavy atom. The molecule has 120 valence electrons. The molecule has 8 heteroatoms. The molecular weight excluding hydrogens is 272 g/mol. The zero-order valence-corrected chi connectivity index (χ0v) is 11.6. The van der Waals surface area contributed by atoms with Crippen LogP contribution in [0.2, 0.25) is 0 Å². The largest absolute Gasteiger partial charge is 0.481 e. The first kappa shape index (κ1) is 21.2. The fourth-order valence-corrected chi connectivity index (χ4v) is 1.06. The predicted octanol–water partition coefficient (Wildman–Crippen LogP) is -1.87. The van der Waals surface area contributed by atoms with Gasteiger partial charge in [-0.3, -0.25) is 4.79 Å². The molecule has 5 unspecified atom stereocenters. The maximum absolute atomic E-state index is 9.97. The predicted molar refractivity (Wildman–Crippen MR) is 68.9 cm³/mol. The number of carboxylic acid groups (broad SMARTS) is 1. The molecule has 0 amide bonds. The zero-order chi connectivity index (χ0) is 16.3. The summed E-state index contributed by atoms with van der Waals surface area (Å²) in [6.07, 6.45) is -5.59. The van der Waals surface area contributed by atoms with Crippen molar-refractivity contribution >= 4 is 12.3 Å².